The molecular formula is C75H118O6. The topological polar surface area (TPSA) is 78.9 Å². The van der Waals surface area contributed by atoms with Crippen LogP contribution in [0.15, 0.2) is 170 Å². The van der Waals surface area contributed by atoms with Gasteiger partial charge in [-0.05, 0) is 148 Å². The van der Waals surface area contributed by atoms with Gasteiger partial charge in [-0.2, -0.15) is 0 Å². The first kappa shape index (κ1) is 75.8. The van der Waals surface area contributed by atoms with E-state index in [2.05, 4.69) is 191 Å². The van der Waals surface area contributed by atoms with E-state index in [1.165, 1.54) is 51.4 Å². The highest BCUT2D eigenvalue weighted by atomic mass is 16.6. The summed E-state index contributed by atoms with van der Waals surface area (Å²) in [5, 5.41) is 0. The number of unbranched alkanes of at least 4 members (excludes halogenated alkanes) is 18. The summed E-state index contributed by atoms with van der Waals surface area (Å²) in [6.07, 6.45) is 99.3. The molecule has 1 unspecified atom stereocenters. The van der Waals surface area contributed by atoms with E-state index < -0.39 is 6.10 Å². The van der Waals surface area contributed by atoms with E-state index in [1.54, 1.807) is 0 Å². The summed E-state index contributed by atoms with van der Waals surface area (Å²) in [4.78, 5) is 38.4. The third kappa shape index (κ3) is 65.5. The number of esters is 3. The molecule has 6 nitrogen and oxygen atoms in total. The van der Waals surface area contributed by atoms with Crippen molar-refractivity contribution < 1.29 is 28.6 Å². The van der Waals surface area contributed by atoms with Crippen LogP contribution in [0.1, 0.15) is 265 Å². The highest BCUT2D eigenvalue weighted by Gasteiger charge is 2.19. The molecule has 6 heteroatoms. The van der Waals surface area contributed by atoms with Gasteiger partial charge in [-0.15, -0.1) is 0 Å². The van der Waals surface area contributed by atoms with Crippen molar-refractivity contribution in [3.05, 3.63) is 170 Å². The Hall–Kier alpha value is -5.23. The molecule has 1 atom stereocenters. The zero-order chi connectivity index (χ0) is 58.5. The van der Waals surface area contributed by atoms with Gasteiger partial charge in [0, 0.05) is 19.3 Å². The minimum atomic E-state index is -0.813. The molecule has 0 fully saturated rings. The lowest BCUT2D eigenvalue weighted by molar-refractivity contribution is -0.167. The summed E-state index contributed by atoms with van der Waals surface area (Å²) >= 11 is 0. The van der Waals surface area contributed by atoms with Crippen molar-refractivity contribution in [2.75, 3.05) is 13.2 Å². The van der Waals surface area contributed by atoms with E-state index >= 15 is 0 Å². The van der Waals surface area contributed by atoms with Crippen LogP contribution in [0.2, 0.25) is 0 Å². The van der Waals surface area contributed by atoms with E-state index in [1.807, 2.05) is 0 Å². The maximum absolute atomic E-state index is 12.9. The second-order valence-electron chi connectivity index (χ2n) is 20.9. The normalized spacial score (nSPS) is 13.3. The predicted octanol–water partition coefficient (Wildman–Crippen LogP) is 22.7. The van der Waals surface area contributed by atoms with E-state index in [0.717, 1.165) is 173 Å². The van der Waals surface area contributed by atoms with Crippen LogP contribution in [0, 0.1) is 0 Å². The summed E-state index contributed by atoms with van der Waals surface area (Å²) < 4.78 is 16.9. The quantitative estimate of drug-likeness (QED) is 0.0261. The first-order chi connectivity index (χ1) is 40.0. The van der Waals surface area contributed by atoms with Crippen molar-refractivity contribution in [3.8, 4) is 0 Å². The zero-order valence-electron chi connectivity index (χ0n) is 52.0. The predicted molar refractivity (Wildman–Crippen MR) is 352 cm³/mol. The van der Waals surface area contributed by atoms with Crippen molar-refractivity contribution in [1.29, 1.82) is 0 Å². The second kappa shape index (κ2) is 67.3. The van der Waals surface area contributed by atoms with Crippen LogP contribution in [-0.2, 0) is 28.6 Å². The van der Waals surface area contributed by atoms with Gasteiger partial charge in [0.2, 0.25) is 0 Å². The molecule has 0 aliphatic rings. The largest absolute Gasteiger partial charge is 0.462 e. The third-order valence-corrected chi connectivity index (χ3v) is 13.2. The van der Waals surface area contributed by atoms with Crippen molar-refractivity contribution in [2.45, 2.75) is 271 Å². The van der Waals surface area contributed by atoms with Crippen molar-refractivity contribution >= 4 is 17.9 Å². The molecule has 0 aliphatic heterocycles. The zero-order valence-corrected chi connectivity index (χ0v) is 52.0. The molecular weight excluding hydrogens is 997 g/mol. The highest BCUT2D eigenvalue weighted by molar-refractivity contribution is 5.71. The summed E-state index contributed by atoms with van der Waals surface area (Å²) in [5.74, 6) is -0.964. The number of carbonyl (C=O) groups is 3. The van der Waals surface area contributed by atoms with Crippen molar-refractivity contribution in [1.82, 2.24) is 0 Å². The number of rotatable bonds is 57. The number of allylic oxidation sites excluding steroid dienone is 28. The van der Waals surface area contributed by atoms with Crippen LogP contribution in [0.5, 0.6) is 0 Å². The molecule has 0 aromatic heterocycles. The summed E-state index contributed by atoms with van der Waals surface area (Å²) in [5.41, 5.74) is 0. The van der Waals surface area contributed by atoms with Crippen LogP contribution in [0.25, 0.3) is 0 Å². The molecule has 0 spiro atoms. The fraction of sp³-hybridized carbons (Fsp3) is 0.587. The Kier molecular flexibility index (Phi) is 62.9. The van der Waals surface area contributed by atoms with E-state index in [0.29, 0.717) is 19.3 Å². The fourth-order valence-corrected chi connectivity index (χ4v) is 8.43. The van der Waals surface area contributed by atoms with Crippen LogP contribution >= 0.6 is 0 Å². The van der Waals surface area contributed by atoms with E-state index in [-0.39, 0.29) is 31.1 Å². The fourth-order valence-electron chi connectivity index (χ4n) is 8.43. The molecule has 0 heterocycles. The second-order valence-corrected chi connectivity index (χ2v) is 20.9. The van der Waals surface area contributed by atoms with Gasteiger partial charge in [-0.25, -0.2) is 0 Å². The minimum Gasteiger partial charge on any atom is -0.462 e. The molecule has 0 radical (unpaired) electrons. The third-order valence-electron chi connectivity index (χ3n) is 13.2. The van der Waals surface area contributed by atoms with Crippen molar-refractivity contribution in [3.63, 3.8) is 0 Å². The molecule has 0 bridgehead atoms. The first-order valence-electron chi connectivity index (χ1n) is 32.6. The minimum absolute atomic E-state index is 0.107. The van der Waals surface area contributed by atoms with Gasteiger partial charge < -0.3 is 14.2 Å². The SMILES string of the molecule is CC/C=C\C/C=C\C/C=C\C/C=C\C/C=C\C/C=C\C/C=C\CCCCCC(=O)OCC(COC(=O)CCCCCCC/C=C\C/C=C\C/C=C\CC)OC(=O)CCCCCCCCCCCC/C=C\C/C=C\C/C=C\C/C=C\CC. The Morgan fingerprint density at radius 3 is 0.704 bits per heavy atom. The Morgan fingerprint density at radius 2 is 0.444 bits per heavy atom. The Labute approximate surface area is 498 Å². The van der Waals surface area contributed by atoms with E-state index in [4.69, 9.17) is 14.2 Å². The standard InChI is InChI=1S/C75H118O6/c1-4-7-10-13-16-19-22-25-28-30-32-34-36-37-39-40-42-44-47-50-53-56-59-62-65-68-74(77)80-71-72(70-79-73(76)67-64-61-58-55-52-49-46-27-24-21-18-15-12-9-6-3)81-75(78)69-66-63-60-57-54-51-48-45-43-41-38-35-33-31-29-26-23-20-17-14-11-8-5-2/h7-12,16-21,25-29,32-35,37,39,42,44,46,50,53,72H,4-6,13-15,22-24,30-31,36,38,40-41,43,45,47-49,51-52,54-71H2,1-3H3/b10-7-,11-8-,12-9-,19-16-,20-17-,21-18-,28-25-,29-26-,34-32-,35-33-,39-37-,44-42-,46-27-,53-50-. The molecule has 0 rings (SSSR count). The van der Waals surface area contributed by atoms with Gasteiger partial charge in [-0.1, -0.05) is 268 Å². The molecule has 0 aromatic carbocycles. The molecule has 0 aromatic rings. The Balaban J connectivity index is 4.48. The van der Waals surface area contributed by atoms with Crippen LogP contribution < -0.4 is 0 Å². The molecule has 81 heavy (non-hydrogen) atoms. The summed E-state index contributed by atoms with van der Waals surface area (Å²) in [7, 11) is 0. The van der Waals surface area contributed by atoms with Gasteiger partial charge >= 0.3 is 17.9 Å². The molecule has 0 saturated carbocycles. The van der Waals surface area contributed by atoms with Crippen LogP contribution in [-0.4, -0.2) is 37.2 Å². The van der Waals surface area contributed by atoms with Crippen LogP contribution in [0.4, 0.5) is 0 Å². The van der Waals surface area contributed by atoms with E-state index in [9.17, 15) is 14.4 Å². The molecule has 0 N–H and O–H groups in total. The lowest BCUT2D eigenvalue weighted by Gasteiger charge is -2.18. The average molecular weight is 1120 g/mol. The van der Waals surface area contributed by atoms with Crippen LogP contribution in [0.3, 0.4) is 0 Å². The number of ether oxygens (including phenoxy) is 3. The van der Waals surface area contributed by atoms with Crippen molar-refractivity contribution in [2.24, 2.45) is 0 Å². The molecule has 454 valence electrons. The molecule has 0 aliphatic carbocycles. The van der Waals surface area contributed by atoms with Gasteiger partial charge in [0.25, 0.3) is 0 Å². The average Bonchev–Trinajstić information content (AvgIpc) is 3.47. The number of hydrogen-bond donors (Lipinski definition) is 0. The lowest BCUT2D eigenvalue weighted by atomic mass is 10.0. The first-order valence-corrected chi connectivity index (χ1v) is 32.6. The number of hydrogen-bond acceptors (Lipinski definition) is 6. The Bertz CT molecular complexity index is 1860. The summed E-state index contributed by atoms with van der Waals surface area (Å²) in [6.45, 7) is 6.25. The van der Waals surface area contributed by atoms with Gasteiger partial charge in [0.15, 0.2) is 6.10 Å². The van der Waals surface area contributed by atoms with Gasteiger partial charge in [0.1, 0.15) is 13.2 Å². The molecule has 0 amide bonds. The molecule has 0 saturated heterocycles. The lowest BCUT2D eigenvalue weighted by Crippen LogP contribution is -2.30. The summed E-state index contributed by atoms with van der Waals surface area (Å²) in [6, 6.07) is 0. The smallest absolute Gasteiger partial charge is 0.306 e. The maximum atomic E-state index is 12.9. The van der Waals surface area contributed by atoms with Gasteiger partial charge in [-0.3, -0.25) is 14.4 Å². The van der Waals surface area contributed by atoms with Gasteiger partial charge in [0.05, 0.1) is 0 Å². The monoisotopic (exact) mass is 1110 g/mol. The Morgan fingerprint density at radius 1 is 0.247 bits per heavy atom. The number of carbonyl (C=O) groups excluding carboxylic acids is 3. The maximum Gasteiger partial charge on any atom is 0.306 e. The highest BCUT2D eigenvalue weighted by Crippen LogP contribution is 2.15.